The second kappa shape index (κ2) is 6.84. The molecular weight excluding hydrogens is 318 g/mol. The van der Waals surface area contributed by atoms with E-state index in [1.807, 2.05) is 41.7 Å². The van der Waals surface area contributed by atoms with Gasteiger partial charge in [0.25, 0.3) is 0 Å². The molecule has 0 aromatic carbocycles. The summed E-state index contributed by atoms with van der Waals surface area (Å²) in [6.45, 7) is 4.08. The highest BCUT2D eigenvalue weighted by Gasteiger charge is 2.24. The molecule has 1 atom stereocenters. The summed E-state index contributed by atoms with van der Waals surface area (Å²) in [5.74, 6) is 0. The first-order valence-corrected chi connectivity index (χ1v) is 9.04. The first-order valence-electron chi connectivity index (χ1n) is 8.22. The minimum absolute atomic E-state index is 0.408. The Labute approximate surface area is 146 Å². The number of aryl methyl sites for hydroxylation is 1. The summed E-state index contributed by atoms with van der Waals surface area (Å²) in [4.78, 5) is 9.39. The standard InChI is InChI=1S/C18H21N5S/c1-22-12-15(10-21-22)18-3-2-16(24-18)13-23-9-8-20-11-17(23)14-4-6-19-7-5-14/h2-7,10,12,17,20H,8-9,11,13H2,1H3. The normalized spacial score (nSPS) is 18.8. The topological polar surface area (TPSA) is 46.0 Å². The van der Waals surface area contributed by atoms with Gasteiger partial charge in [-0.25, -0.2) is 0 Å². The molecule has 5 nitrogen and oxygen atoms in total. The Kier molecular flexibility index (Phi) is 4.42. The lowest BCUT2D eigenvalue weighted by molar-refractivity contribution is 0.155. The average Bonchev–Trinajstić information content (AvgIpc) is 3.25. The van der Waals surface area contributed by atoms with Crippen molar-refractivity contribution in [2.45, 2.75) is 12.6 Å². The van der Waals surface area contributed by atoms with E-state index in [0.29, 0.717) is 6.04 Å². The first kappa shape index (κ1) is 15.5. The highest BCUT2D eigenvalue weighted by Crippen LogP contribution is 2.31. The fourth-order valence-corrected chi connectivity index (χ4v) is 4.22. The number of nitrogens with zero attached hydrogens (tertiary/aromatic N) is 4. The van der Waals surface area contributed by atoms with E-state index in [2.05, 4.69) is 50.8 Å². The molecule has 124 valence electrons. The molecule has 0 bridgehead atoms. The highest BCUT2D eigenvalue weighted by molar-refractivity contribution is 7.15. The Balaban J connectivity index is 1.52. The van der Waals surface area contributed by atoms with Crippen LogP contribution in [-0.2, 0) is 13.6 Å². The molecule has 0 saturated carbocycles. The SMILES string of the molecule is Cn1cc(-c2ccc(CN3CCNCC3c3ccncc3)s2)cn1. The third-order valence-corrected chi connectivity index (χ3v) is 5.57. The zero-order valence-corrected chi connectivity index (χ0v) is 14.5. The summed E-state index contributed by atoms with van der Waals surface area (Å²) < 4.78 is 1.85. The van der Waals surface area contributed by atoms with Gasteiger partial charge in [0.15, 0.2) is 0 Å². The van der Waals surface area contributed by atoms with Crippen LogP contribution in [0.4, 0.5) is 0 Å². The van der Waals surface area contributed by atoms with E-state index in [1.54, 1.807) is 0 Å². The summed E-state index contributed by atoms with van der Waals surface area (Å²) in [6, 6.07) is 9.12. The number of piperazine rings is 1. The van der Waals surface area contributed by atoms with Crippen LogP contribution in [0.25, 0.3) is 10.4 Å². The van der Waals surface area contributed by atoms with Gasteiger partial charge >= 0.3 is 0 Å². The number of rotatable bonds is 4. The Morgan fingerprint density at radius 1 is 1.25 bits per heavy atom. The smallest absolute Gasteiger partial charge is 0.0576 e. The zero-order chi connectivity index (χ0) is 16.4. The summed E-state index contributed by atoms with van der Waals surface area (Å²) in [7, 11) is 1.96. The van der Waals surface area contributed by atoms with Crippen molar-refractivity contribution < 1.29 is 0 Å². The number of aromatic nitrogens is 3. The van der Waals surface area contributed by atoms with Crippen LogP contribution in [0.15, 0.2) is 49.1 Å². The van der Waals surface area contributed by atoms with Crippen molar-refractivity contribution in [3.8, 4) is 10.4 Å². The maximum atomic E-state index is 4.27. The molecule has 3 aromatic rings. The van der Waals surface area contributed by atoms with Crippen LogP contribution in [0.5, 0.6) is 0 Å². The fourth-order valence-electron chi connectivity index (χ4n) is 3.22. The van der Waals surface area contributed by atoms with Gasteiger partial charge < -0.3 is 5.32 Å². The number of hydrogen-bond acceptors (Lipinski definition) is 5. The molecule has 24 heavy (non-hydrogen) atoms. The van der Waals surface area contributed by atoms with E-state index in [0.717, 1.165) is 26.2 Å². The van der Waals surface area contributed by atoms with Gasteiger partial charge in [0.2, 0.25) is 0 Å². The number of hydrogen-bond donors (Lipinski definition) is 1. The predicted octanol–water partition coefficient (Wildman–Crippen LogP) is 2.69. The lowest BCUT2D eigenvalue weighted by atomic mass is 10.0. The number of pyridine rings is 1. The lowest BCUT2D eigenvalue weighted by Gasteiger charge is -2.36. The Morgan fingerprint density at radius 2 is 2.12 bits per heavy atom. The van der Waals surface area contributed by atoms with Crippen molar-refractivity contribution in [1.82, 2.24) is 25.0 Å². The molecular formula is C18H21N5S. The van der Waals surface area contributed by atoms with Crippen molar-refractivity contribution in [2.75, 3.05) is 19.6 Å². The van der Waals surface area contributed by atoms with Gasteiger partial charge in [0.05, 0.1) is 6.20 Å². The maximum absolute atomic E-state index is 4.27. The summed E-state index contributed by atoms with van der Waals surface area (Å²) in [5, 5.41) is 7.78. The Morgan fingerprint density at radius 3 is 2.92 bits per heavy atom. The molecule has 3 aromatic heterocycles. The molecule has 0 spiro atoms. The molecule has 6 heteroatoms. The summed E-state index contributed by atoms with van der Waals surface area (Å²) >= 11 is 1.86. The minimum Gasteiger partial charge on any atom is -0.314 e. The van der Waals surface area contributed by atoms with E-state index in [4.69, 9.17) is 0 Å². The van der Waals surface area contributed by atoms with E-state index in [1.165, 1.54) is 20.9 Å². The molecule has 1 aliphatic heterocycles. The average molecular weight is 339 g/mol. The van der Waals surface area contributed by atoms with Crippen LogP contribution < -0.4 is 5.32 Å². The van der Waals surface area contributed by atoms with E-state index in [9.17, 15) is 0 Å². The van der Waals surface area contributed by atoms with Crippen molar-refractivity contribution >= 4 is 11.3 Å². The van der Waals surface area contributed by atoms with Gasteiger partial charge in [-0.15, -0.1) is 11.3 Å². The molecule has 0 radical (unpaired) electrons. The van der Waals surface area contributed by atoms with Gasteiger partial charge in [-0.3, -0.25) is 14.6 Å². The van der Waals surface area contributed by atoms with Crippen LogP contribution >= 0.6 is 11.3 Å². The molecule has 1 fully saturated rings. The van der Waals surface area contributed by atoms with Crippen LogP contribution in [-0.4, -0.2) is 39.3 Å². The van der Waals surface area contributed by atoms with Crippen LogP contribution in [0.2, 0.25) is 0 Å². The van der Waals surface area contributed by atoms with Crippen molar-refractivity contribution in [1.29, 1.82) is 0 Å². The number of thiophene rings is 1. The fraction of sp³-hybridized carbons (Fsp3) is 0.333. The van der Waals surface area contributed by atoms with Crippen molar-refractivity contribution in [3.63, 3.8) is 0 Å². The number of nitrogens with one attached hydrogen (secondary N) is 1. The molecule has 1 aliphatic rings. The quantitative estimate of drug-likeness (QED) is 0.794. The zero-order valence-electron chi connectivity index (χ0n) is 13.7. The van der Waals surface area contributed by atoms with Gasteiger partial charge in [-0.1, -0.05) is 0 Å². The molecule has 0 aliphatic carbocycles. The second-order valence-corrected chi connectivity index (χ2v) is 7.31. The molecule has 1 unspecified atom stereocenters. The summed E-state index contributed by atoms with van der Waals surface area (Å²) in [6.07, 6.45) is 7.77. The van der Waals surface area contributed by atoms with Gasteiger partial charge in [-0.2, -0.15) is 5.10 Å². The van der Waals surface area contributed by atoms with E-state index >= 15 is 0 Å². The third kappa shape index (κ3) is 3.26. The second-order valence-electron chi connectivity index (χ2n) is 6.14. The predicted molar refractivity (Wildman–Crippen MR) is 96.8 cm³/mol. The van der Waals surface area contributed by atoms with E-state index in [-0.39, 0.29) is 0 Å². The van der Waals surface area contributed by atoms with Crippen LogP contribution in [0.3, 0.4) is 0 Å². The minimum atomic E-state index is 0.408. The largest absolute Gasteiger partial charge is 0.314 e. The third-order valence-electron chi connectivity index (χ3n) is 4.46. The molecule has 4 heterocycles. The first-order chi connectivity index (χ1) is 11.8. The van der Waals surface area contributed by atoms with Crippen LogP contribution in [0.1, 0.15) is 16.5 Å². The van der Waals surface area contributed by atoms with Crippen LogP contribution in [0, 0.1) is 0 Å². The molecule has 0 amide bonds. The Bertz CT molecular complexity index is 795. The van der Waals surface area contributed by atoms with Gasteiger partial charge in [0, 0.05) is 73.2 Å². The van der Waals surface area contributed by atoms with E-state index < -0.39 is 0 Å². The van der Waals surface area contributed by atoms with Gasteiger partial charge in [0.1, 0.15) is 0 Å². The molecule has 1 saturated heterocycles. The monoisotopic (exact) mass is 339 g/mol. The van der Waals surface area contributed by atoms with Gasteiger partial charge in [-0.05, 0) is 29.8 Å². The van der Waals surface area contributed by atoms with Crippen molar-refractivity contribution in [3.05, 3.63) is 59.5 Å². The lowest BCUT2D eigenvalue weighted by Crippen LogP contribution is -2.45. The molecule has 4 rings (SSSR count). The molecule has 1 N–H and O–H groups in total. The highest BCUT2D eigenvalue weighted by atomic mass is 32.1. The summed E-state index contributed by atoms with van der Waals surface area (Å²) in [5.41, 5.74) is 2.53. The maximum Gasteiger partial charge on any atom is 0.0576 e. The van der Waals surface area contributed by atoms with Crippen molar-refractivity contribution in [2.24, 2.45) is 7.05 Å². The Hall–Kier alpha value is -2.02.